The van der Waals surface area contributed by atoms with Crippen LogP contribution in [0.3, 0.4) is 0 Å². The molecule has 3 aliphatic heterocycles. The van der Waals surface area contributed by atoms with E-state index >= 15 is 0 Å². The summed E-state index contributed by atoms with van der Waals surface area (Å²) in [7, 11) is 1.59. The standard InChI is InChI=1S/C16H19N5O2S/c1-23-15-4-14(17-9-18-15)20-5-11-2-3-13(7-20)21(16(11)22)6-12-8-24-10-19-12/h4,8-11,13H,2-3,5-7H2,1H3/t11-,13+/m0/s1. The monoisotopic (exact) mass is 345 g/mol. The van der Waals surface area contributed by atoms with Gasteiger partial charge < -0.3 is 14.5 Å². The molecule has 5 rings (SSSR count). The number of methoxy groups -OCH3 is 1. The van der Waals surface area contributed by atoms with Gasteiger partial charge in [-0.1, -0.05) is 0 Å². The highest BCUT2D eigenvalue weighted by molar-refractivity contribution is 7.07. The van der Waals surface area contributed by atoms with Crippen molar-refractivity contribution in [1.29, 1.82) is 0 Å². The summed E-state index contributed by atoms with van der Waals surface area (Å²) in [6, 6.07) is 2.03. The van der Waals surface area contributed by atoms with Gasteiger partial charge in [0.2, 0.25) is 11.8 Å². The van der Waals surface area contributed by atoms with Crippen LogP contribution in [0.1, 0.15) is 18.5 Å². The van der Waals surface area contributed by atoms with Gasteiger partial charge >= 0.3 is 0 Å². The molecule has 0 aromatic carbocycles. The summed E-state index contributed by atoms with van der Waals surface area (Å²) in [6.45, 7) is 2.08. The second kappa shape index (κ2) is 6.35. The van der Waals surface area contributed by atoms with Crippen LogP contribution in [0.4, 0.5) is 5.82 Å². The Hall–Kier alpha value is -2.22. The molecule has 1 amide bonds. The summed E-state index contributed by atoms with van der Waals surface area (Å²) in [6.07, 6.45) is 3.48. The lowest BCUT2D eigenvalue weighted by Crippen LogP contribution is -2.47. The third-order valence-corrected chi connectivity index (χ3v) is 5.41. The Morgan fingerprint density at radius 1 is 1.29 bits per heavy atom. The highest BCUT2D eigenvalue weighted by Crippen LogP contribution is 2.32. The molecule has 0 saturated carbocycles. The van der Waals surface area contributed by atoms with Gasteiger partial charge in [0, 0.05) is 30.6 Å². The van der Waals surface area contributed by atoms with Crippen LogP contribution < -0.4 is 9.64 Å². The zero-order valence-electron chi connectivity index (χ0n) is 13.5. The molecule has 5 heterocycles. The van der Waals surface area contributed by atoms with Crippen molar-refractivity contribution in [1.82, 2.24) is 19.9 Å². The van der Waals surface area contributed by atoms with Crippen molar-refractivity contribution in [2.24, 2.45) is 5.92 Å². The van der Waals surface area contributed by atoms with Crippen molar-refractivity contribution >= 4 is 23.1 Å². The molecule has 3 aliphatic rings. The minimum Gasteiger partial charge on any atom is -0.481 e. The molecule has 24 heavy (non-hydrogen) atoms. The first-order valence-corrected chi connectivity index (χ1v) is 8.97. The van der Waals surface area contributed by atoms with Crippen LogP contribution in [0, 0.1) is 5.92 Å². The van der Waals surface area contributed by atoms with Gasteiger partial charge in [-0.05, 0) is 12.8 Å². The number of amides is 1. The molecule has 3 saturated heterocycles. The van der Waals surface area contributed by atoms with Crippen molar-refractivity contribution < 1.29 is 9.53 Å². The minimum atomic E-state index is 0.0170. The highest BCUT2D eigenvalue weighted by Gasteiger charge is 2.41. The number of hydrogen-bond donors (Lipinski definition) is 0. The SMILES string of the molecule is COc1cc(N2C[C@@H]3CC[C@H](C2)N(Cc2cscn2)C3=O)ncn1. The Balaban J connectivity index is 1.58. The molecule has 0 unspecified atom stereocenters. The number of anilines is 1. The number of aromatic nitrogens is 3. The fourth-order valence-electron chi connectivity index (χ4n) is 3.54. The normalized spacial score (nSPS) is 23.5. The van der Waals surface area contributed by atoms with Crippen LogP contribution in [0.25, 0.3) is 0 Å². The molecule has 2 bridgehead atoms. The number of fused-ring (bicyclic) bond motifs is 4. The first-order valence-electron chi connectivity index (χ1n) is 8.03. The topological polar surface area (TPSA) is 71.5 Å². The summed E-state index contributed by atoms with van der Waals surface area (Å²) < 4.78 is 5.20. The first kappa shape index (κ1) is 15.3. The van der Waals surface area contributed by atoms with Crippen LogP contribution in [0.5, 0.6) is 5.88 Å². The second-order valence-electron chi connectivity index (χ2n) is 6.20. The number of nitrogens with zero attached hydrogens (tertiary/aromatic N) is 5. The summed E-state index contributed by atoms with van der Waals surface area (Å²) in [5, 5.41) is 2.01. The molecule has 0 spiro atoms. The molecule has 2 atom stereocenters. The van der Waals surface area contributed by atoms with Crippen LogP contribution in [-0.2, 0) is 11.3 Å². The largest absolute Gasteiger partial charge is 0.481 e. The van der Waals surface area contributed by atoms with Crippen LogP contribution >= 0.6 is 11.3 Å². The average Bonchev–Trinajstić information content (AvgIpc) is 2.98. The summed E-state index contributed by atoms with van der Waals surface area (Å²) >= 11 is 1.57. The van der Waals surface area contributed by atoms with E-state index in [-0.39, 0.29) is 17.9 Å². The molecule has 2 aromatic heterocycles. The number of piperidine rings is 1. The van der Waals surface area contributed by atoms with Crippen molar-refractivity contribution in [2.45, 2.75) is 25.4 Å². The maximum absolute atomic E-state index is 12.9. The predicted molar refractivity (Wildman–Crippen MR) is 90.0 cm³/mol. The van der Waals surface area contributed by atoms with Gasteiger partial charge in [0.1, 0.15) is 12.1 Å². The number of rotatable bonds is 4. The van der Waals surface area contributed by atoms with Gasteiger partial charge in [-0.3, -0.25) is 4.79 Å². The summed E-state index contributed by atoms with van der Waals surface area (Å²) in [5.41, 5.74) is 2.78. The Morgan fingerprint density at radius 2 is 2.21 bits per heavy atom. The third-order valence-electron chi connectivity index (χ3n) is 4.77. The molecular weight excluding hydrogens is 326 g/mol. The molecular formula is C16H19N5O2S. The summed E-state index contributed by atoms with van der Waals surface area (Å²) in [4.78, 5) is 29.8. The zero-order chi connectivity index (χ0) is 16.5. The van der Waals surface area contributed by atoms with Gasteiger partial charge in [-0.15, -0.1) is 11.3 Å². The molecule has 0 aliphatic carbocycles. The quantitative estimate of drug-likeness (QED) is 0.838. The van der Waals surface area contributed by atoms with Crippen LogP contribution in [0.15, 0.2) is 23.3 Å². The van der Waals surface area contributed by atoms with E-state index in [0.29, 0.717) is 19.0 Å². The Kier molecular flexibility index (Phi) is 4.05. The number of ether oxygens (including phenoxy) is 1. The van der Waals surface area contributed by atoms with E-state index in [4.69, 9.17) is 4.74 Å². The lowest BCUT2D eigenvalue weighted by Gasteiger charge is -2.35. The first-order chi connectivity index (χ1) is 11.7. The predicted octanol–water partition coefficient (Wildman–Crippen LogP) is 1.57. The van der Waals surface area contributed by atoms with E-state index in [9.17, 15) is 4.79 Å². The lowest BCUT2D eigenvalue weighted by atomic mass is 9.94. The van der Waals surface area contributed by atoms with Gasteiger partial charge in [0.25, 0.3) is 0 Å². The fourth-order valence-corrected chi connectivity index (χ4v) is 4.09. The van der Waals surface area contributed by atoms with Gasteiger partial charge in [0.05, 0.1) is 30.8 Å². The molecule has 7 nitrogen and oxygen atoms in total. The Morgan fingerprint density at radius 3 is 3.00 bits per heavy atom. The van der Waals surface area contributed by atoms with Crippen molar-refractivity contribution in [3.8, 4) is 5.88 Å². The highest BCUT2D eigenvalue weighted by atomic mass is 32.1. The smallest absolute Gasteiger partial charge is 0.228 e. The van der Waals surface area contributed by atoms with E-state index in [0.717, 1.165) is 30.9 Å². The lowest BCUT2D eigenvalue weighted by molar-refractivity contribution is -0.140. The van der Waals surface area contributed by atoms with Crippen molar-refractivity contribution in [2.75, 3.05) is 25.1 Å². The van der Waals surface area contributed by atoms with E-state index in [2.05, 4.69) is 19.9 Å². The van der Waals surface area contributed by atoms with Gasteiger partial charge in [-0.2, -0.15) is 0 Å². The van der Waals surface area contributed by atoms with Crippen LogP contribution in [0.2, 0.25) is 0 Å². The Bertz CT molecular complexity index is 723. The summed E-state index contributed by atoms with van der Waals surface area (Å²) in [5.74, 6) is 1.62. The molecule has 126 valence electrons. The molecule has 8 heteroatoms. The van der Waals surface area contributed by atoms with Crippen molar-refractivity contribution in [3.63, 3.8) is 0 Å². The number of carbonyl (C=O) groups is 1. The second-order valence-corrected chi connectivity index (χ2v) is 6.92. The van der Waals surface area contributed by atoms with E-state index in [1.54, 1.807) is 18.4 Å². The number of thiazole rings is 1. The zero-order valence-corrected chi connectivity index (χ0v) is 14.3. The molecule has 0 radical (unpaired) electrons. The maximum Gasteiger partial charge on any atom is 0.228 e. The average molecular weight is 345 g/mol. The number of carbonyl (C=O) groups excluding carboxylic acids is 1. The number of hydrogen-bond acceptors (Lipinski definition) is 7. The minimum absolute atomic E-state index is 0.0170. The Labute approximate surface area is 144 Å². The molecule has 3 fully saturated rings. The molecule has 2 aromatic rings. The van der Waals surface area contributed by atoms with E-state index in [1.165, 1.54) is 6.33 Å². The molecule has 0 N–H and O–H groups in total. The third kappa shape index (κ3) is 2.82. The van der Waals surface area contributed by atoms with Crippen LogP contribution in [-0.4, -0.2) is 52.0 Å². The maximum atomic E-state index is 12.9. The van der Waals surface area contributed by atoms with Gasteiger partial charge in [-0.25, -0.2) is 15.0 Å². The van der Waals surface area contributed by atoms with E-state index in [1.807, 2.05) is 21.9 Å². The van der Waals surface area contributed by atoms with Crippen molar-refractivity contribution in [3.05, 3.63) is 29.0 Å². The fraction of sp³-hybridized carbons (Fsp3) is 0.500. The van der Waals surface area contributed by atoms with Gasteiger partial charge in [0.15, 0.2) is 0 Å². The van der Waals surface area contributed by atoms with E-state index < -0.39 is 0 Å².